The Labute approximate surface area is 144 Å². The fourth-order valence-corrected chi connectivity index (χ4v) is 2.11. The minimum absolute atomic E-state index is 0.0572. The van der Waals surface area contributed by atoms with Crippen LogP contribution in [0.1, 0.15) is 24.2 Å². The van der Waals surface area contributed by atoms with Gasteiger partial charge in [-0.15, -0.1) is 0 Å². The Morgan fingerprint density at radius 1 is 1.16 bits per heavy atom. The molecule has 1 aromatic carbocycles. The fraction of sp³-hybridized carbons (Fsp3) is 0.357. The van der Waals surface area contributed by atoms with Gasteiger partial charge < -0.3 is 16.4 Å². The van der Waals surface area contributed by atoms with Crippen molar-refractivity contribution < 1.29 is 26.7 Å². The van der Waals surface area contributed by atoms with Gasteiger partial charge in [-0.25, -0.2) is 0 Å². The van der Waals surface area contributed by atoms with Crippen LogP contribution in [0.15, 0.2) is 24.3 Å². The molecular formula is C14H19FN4O5S. The topological polar surface area (TPSA) is 147 Å². The molecule has 1 rings (SSSR count). The lowest BCUT2D eigenvalue weighted by molar-refractivity contribution is -0.129. The predicted molar refractivity (Wildman–Crippen MR) is 88.4 cm³/mol. The normalized spacial score (nSPS) is 12.3. The van der Waals surface area contributed by atoms with Crippen LogP contribution >= 0.6 is 0 Å². The van der Waals surface area contributed by atoms with Crippen LogP contribution in [0.2, 0.25) is 0 Å². The first-order valence-corrected chi connectivity index (χ1v) is 8.58. The molecule has 0 fully saturated rings. The number of hydrogen-bond acceptors (Lipinski definition) is 5. The number of carbonyl (C=O) groups is 3. The summed E-state index contributed by atoms with van der Waals surface area (Å²) in [5.74, 6) is -2.13. The first kappa shape index (κ1) is 20.4. The second-order valence-corrected chi connectivity index (χ2v) is 6.53. The van der Waals surface area contributed by atoms with Crippen molar-refractivity contribution in [2.24, 2.45) is 11.7 Å². The minimum atomic E-state index is -4.90. The Balaban J connectivity index is 2.68. The molecule has 0 heterocycles. The molecule has 0 bridgehead atoms. The van der Waals surface area contributed by atoms with Gasteiger partial charge in [0.1, 0.15) is 6.04 Å². The van der Waals surface area contributed by atoms with Crippen molar-refractivity contribution in [3.05, 3.63) is 29.8 Å². The Bertz CT molecular complexity index is 749. The van der Waals surface area contributed by atoms with Crippen molar-refractivity contribution in [3.63, 3.8) is 0 Å². The number of rotatable bonds is 8. The molecule has 0 aromatic heterocycles. The molecule has 0 spiro atoms. The molecule has 5 N–H and O–H groups in total. The first-order valence-electron chi connectivity index (χ1n) is 7.20. The summed E-state index contributed by atoms with van der Waals surface area (Å²) >= 11 is 0. The SMILES string of the molecule is CC(C)C(=O)N[C@@H](CNC(=O)c1ccc(NS(=O)(=O)F)cc1)C(N)=O. The fourth-order valence-electron chi connectivity index (χ4n) is 1.69. The number of nitrogens with one attached hydrogen (secondary N) is 3. The molecule has 1 atom stereocenters. The van der Waals surface area contributed by atoms with Crippen LogP contribution in [-0.4, -0.2) is 38.7 Å². The van der Waals surface area contributed by atoms with E-state index in [4.69, 9.17) is 5.73 Å². The molecule has 9 nitrogen and oxygen atoms in total. The van der Waals surface area contributed by atoms with Crippen molar-refractivity contribution >= 4 is 33.8 Å². The number of amides is 3. The zero-order valence-corrected chi connectivity index (χ0v) is 14.4. The molecule has 0 radical (unpaired) electrons. The second-order valence-electron chi connectivity index (χ2n) is 5.45. The van der Waals surface area contributed by atoms with Crippen LogP contribution in [0.3, 0.4) is 0 Å². The van der Waals surface area contributed by atoms with E-state index in [1.165, 1.54) is 24.3 Å². The highest BCUT2D eigenvalue weighted by molar-refractivity contribution is 7.87. The average molecular weight is 374 g/mol. The molecular weight excluding hydrogens is 355 g/mol. The number of anilines is 1. The minimum Gasteiger partial charge on any atom is -0.368 e. The smallest absolute Gasteiger partial charge is 0.368 e. The lowest BCUT2D eigenvalue weighted by Gasteiger charge is -2.17. The van der Waals surface area contributed by atoms with Gasteiger partial charge in [0.15, 0.2) is 0 Å². The zero-order valence-electron chi connectivity index (χ0n) is 13.6. The van der Waals surface area contributed by atoms with Crippen molar-refractivity contribution in [1.82, 2.24) is 10.6 Å². The molecule has 0 aliphatic heterocycles. The zero-order chi connectivity index (χ0) is 19.2. The molecule has 1 aromatic rings. The van der Waals surface area contributed by atoms with Crippen molar-refractivity contribution in [2.45, 2.75) is 19.9 Å². The Hall–Kier alpha value is -2.69. The number of hydrogen-bond donors (Lipinski definition) is 4. The number of primary amides is 1. The number of halogens is 1. The molecule has 0 saturated heterocycles. The van der Waals surface area contributed by atoms with Crippen molar-refractivity contribution in [2.75, 3.05) is 11.3 Å². The van der Waals surface area contributed by atoms with E-state index in [0.29, 0.717) is 0 Å². The van der Waals surface area contributed by atoms with Crippen LogP contribution in [0.25, 0.3) is 0 Å². The van der Waals surface area contributed by atoms with Crippen LogP contribution in [0, 0.1) is 5.92 Å². The van der Waals surface area contributed by atoms with Crippen LogP contribution < -0.4 is 21.1 Å². The van der Waals surface area contributed by atoms with Crippen molar-refractivity contribution in [1.29, 1.82) is 0 Å². The summed E-state index contributed by atoms with van der Waals surface area (Å²) in [6.07, 6.45) is 0. The van der Waals surface area contributed by atoms with Gasteiger partial charge in [-0.1, -0.05) is 17.7 Å². The van der Waals surface area contributed by atoms with Gasteiger partial charge in [-0.2, -0.15) is 8.42 Å². The van der Waals surface area contributed by atoms with Crippen LogP contribution in [0.5, 0.6) is 0 Å². The molecule has 0 unspecified atom stereocenters. The summed E-state index contributed by atoms with van der Waals surface area (Å²) in [4.78, 5) is 34.9. The average Bonchev–Trinajstić information content (AvgIpc) is 2.49. The van der Waals surface area contributed by atoms with E-state index in [2.05, 4.69) is 10.6 Å². The van der Waals surface area contributed by atoms with Crippen LogP contribution in [-0.2, 0) is 20.0 Å². The molecule has 0 saturated carbocycles. The maximum absolute atomic E-state index is 12.5. The van der Waals surface area contributed by atoms with Crippen LogP contribution in [0.4, 0.5) is 9.57 Å². The van der Waals surface area contributed by atoms with E-state index in [0.717, 1.165) is 0 Å². The van der Waals surface area contributed by atoms with Gasteiger partial charge in [0.05, 0.1) is 5.69 Å². The third-order valence-corrected chi connectivity index (χ3v) is 3.52. The van der Waals surface area contributed by atoms with Gasteiger partial charge >= 0.3 is 10.4 Å². The summed E-state index contributed by atoms with van der Waals surface area (Å²) in [5.41, 5.74) is 5.26. The Morgan fingerprint density at radius 2 is 1.72 bits per heavy atom. The molecule has 3 amide bonds. The van der Waals surface area contributed by atoms with E-state index in [1.807, 2.05) is 0 Å². The van der Waals surface area contributed by atoms with E-state index in [9.17, 15) is 26.7 Å². The van der Waals surface area contributed by atoms with E-state index < -0.39 is 28.3 Å². The summed E-state index contributed by atoms with van der Waals surface area (Å²) in [6, 6.07) is 3.83. The number of benzene rings is 1. The number of carbonyl (C=O) groups excluding carboxylic acids is 3. The lowest BCUT2D eigenvalue weighted by atomic mass is 10.1. The monoisotopic (exact) mass is 374 g/mol. The maximum Gasteiger partial charge on any atom is 0.396 e. The lowest BCUT2D eigenvalue weighted by Crippen LogP contribution is -2.52. The Kier molecular flexibility index (Phi) is 6.86. The third-order valence-electron chi connectivity index (χ3n) is 3.04. The summed E-state index contributed by atoms with van der Waals surface area (Å²) in [6.45, 7) is 3.06. The molecule has 11 heteroatoms. The standard InChI is InChI=1S/C14H19FN4O5S/c1-8(2)13(21)18-11(12(16)20)7-17-14(22)9-3-5-10(6-4-9)19-25(15,23)24/h3-6,8,11,19H,7H2,1-2H3,(H2,16,20)(H,17,22)(H,18,21)/t11-/m0/s1. The highest BCUT2D eigenvalue weighted by atomic mass is 32.3. The van der Waals surface area contributed by atoms with E-state index in [1.54, 1.807) is 18.6 Å². The van der Waals surface area contributed by atoms with Gasteiger partial charge in [0, 0.05) is 18.0 Å². The van der Waals surface area contributed by atoms with Crippen molar-refractivity contribution in [3.8, 4) is 0 Å². The third kappa shape index (κ3) is 7.16. The molecule has 138 valence electrons. The summed E-state index contributed by atoms with van der Waals surface area (Å²) < 4.78 is 35.0. The second kappa shape index (κ2) is 8.42. The summed E-state index contributed by atoms with van der Waals surface area (Å²) in [5, 5.41) is 4.84. The van der Waals surface area contributed by atoms with E-state index in [-0.39, 0.29) is 29.6 Å². The molecule has 0 aliphatic carbocycles. The summed E-state index contributed by atoms with van der Waals surface area (Å²) in [7, 11) is -4.90. The van der Waals surface area contributed by atoms with Gasteiger partial charge in [0.25, 0.3) is 5.91 Å². The van der Waals surface area contributed by atoms with E-state index >= 15 is 0 Å². The number of nitrogens with two attached hydrogens (primary N) is 1. The quantitative estimate of drug-likeness (QED) is 0.460. The first-order chi connectivity index (χ1) is 11.5. The van der Waals surface area contributed by atoms with Gasteiger partial charge in [-0.3, -0.25) is 19.1 Å². The van der Waals surface area contributed by atoms with Gasteiger partial charge in [-0.05, 0) is 24.3 Å². The highest BCUT2D eigenvalue weighted by Gasteiger charge is 2.20. The largest absolute Gasteiger partial charge is 0.396 e. The van der Waals surface area contributed by atoms with Gasteiger partial charge in [0.2, 0.25) is 11.8 Å². The predicted octanol–water partition coefficient (Wildman–Crippen LogP) is -0.331. The Morgan fingerprint density at radius 3 is 2.16 bits per heavy atom. The molecule has 0 aliphatic rings. The maximum atomic E-state index is 12.5. The highest BCUT2D eigenvalue weighted by Crippen LogP contribution is 2.11. The molecule has 25 heavy (non-hydrogen) atoms.